The Morgan fingerprint density at radius 2 is 0.651 bits per heavy atom. The third kappa shape index (κ3) is 14.5. The number of amides is 2. The van der Waals surface area contributed by atoms with Crippen molar-refractivity contribution in [3.8, 4) is 0 Å². The number of nitrogens with one attached hydrogen (secondary N) is 2. The van der Waals surface area contributed by atoms with Crippen molar-refractivity contribution in [2.24, 2.45) is 0 Å². The first-order chi connectivity index (χ1) is 39.2. The third-order valence-corrected chi connectivity index (χ3v) is 15.3. The van der Waals surface area contributed by atoms with Crippen molar-refractivity contribution >= 4 is 11.8 Å². The van der Waals surface area contributed by atoms with E-state index < -0.39 is 266 Å². The number of hydrogen-bond donors (Lipinski definition) is 22. The highest BCUT2D eigenvalue weighted by Crippen LogP contribution is 2.38. The van der Waals surface area contributed by atoms with E-state index in [9.17, 15) is 112 Å². The topological polar surface area (TPSA) is 583 Å². The van der Waals surface area contributed by atoms with Crippen LogP contribution in [0.2, 0.25) is 0 Å². The zero-order chi connectivity index (χ0) is 61.2. The number of ether oxygens (including phenoxy) is 13. The number of carbonyl (C=O) groups excluding carboxylic acids is 2. The van der Waals surface area contributed by atoms with Gasteiger partial charge in [0.15, 0.2) is 44.0 Å². The van der Waals surface area contributed by atoms with Crippen LogP contribution in [0, 0.1) is 0 Å². The smallest absolute Gasteiger partial charge is 0.217 e. The first-order valence-corrected chi connectivity index (χ1v) is 26.5. The van der Waals surface area contributed by atoms with Crippen molar-refractivity contribution in [2.75, 3.05) is 39.6 Å². The Balaban J connectivity index is 1.13. The first-order valence-electron chi connectivity index (χ1n) is 26.5. The van der Waals surface area contributed by atoms with E-state index in [1.54, 1.807) is 0 Å². The molecular formula is C46H78N2O35. The highest BCUT2D eigenvalue weighted by molar-refractivity contribution is 5.73. The van der Waals surface area contributed by atoms with Crippen LogP contribution in [-0.4, -0.2) is 368 Å². The summed E-state index contributed by atoms with van der Waals surface area (Å²) in [5.41, 5.74) is 0. The summed E-state index contributed by atoms with van der Waals surface area (Å²) in [5, 5.41) is 221. The minimum absolute atomic E-state index is 0.856. The van der Waals surface area contributed by atoms with Crippen molar-refractivity contribution in [2.45, 2.75) is 236 Å². The Hall–Kier alpha value is -2.38. The molecule has 37 nitrogen and oxygen atoms in total. The van der Waals surface area contributed by atoms with E-state index >= 15 is 0 Å². The van der Waals surface area contributed by atoms with Gasteiger partial charge >= 0.3 is 0 Å². The van der Waals surface area contributed by atoms with Gasteiger partial charge in [-0.25, -0.2) is 0 Å². The molecule has 482 valence electrons. The van der Waals surface area contributed by atoms with Gasteiger partial charge in [0.1, 0.15) is 165 Å². The van der Waals surface area contributed by atoms with Crippen molar-refractivity contribution in [1.82, 2.24) is 10.6 Å². The van der Waals surface area contributed by atoms with Crippen LogP contribution in [-0.2, 0) is 71.2 Å². The average Bonchev–Trinajstić information content (AvgIpc) is 3.63. The van der Waals surface area contributed by atoms with E-state index in [2.05, 4.69) is 10.6 Å². The molecule has 0 aromatic heterocycles. The minimum atomic E-state index is -2.29. The number of carbonyl (C=O) groups is 2. The molecule has 2 amide bonds. The summed E-state index contributed by atoms with van der Waals surface area (Å²) >= 11 is 0. The molecule has 7 rings (SSSR count). The molecule has 0 radical (unpaired) electrons. The molecule has 7 heterocycles. The monoisotopic (exact) mass is 1220 g/mol. The van der Waals surface area contributed by atoms with Crippen molar-refractivity contribution < 1.29 is 173 Å². The van der Waals surface area contributed by atoms with Gasteiger partial charge in [-0.1, -0.05) is 0 Å². The van der Waals surface area contributed by atoms with Crippen LogP contribution < -0.4 is 10.6 Å². The van der Waals surface area contributed by atoms with Gasteiger partial charge in [-0.3, -0.25) is 9.59 Å². The molecule has 35 atom stereocenters. The second-order valence-corrected chi connectivity index (χ2v) is 21.0. The molecule has 7 aliphatic rings. The van der Waals surface area contributed by atoms with Crippen molar-refractivity contribution in [3.05, 3.63) is 0 Å². The lowest BCUT2D eigenvalue weighted by atomic mass is 9.93. The fraction of sp³-hybridized carbons (Fsp3) is 0.957. The number of hydrogen-bond acceptors (Lipinski definition) is 35. The molecule has 0 aromatic rings. The Morgan fingerprint density at radius 1 is 0.313 bits per heavy atom. The van der Waals surface area contributed by atoms with Gasteiger partial charge in [0, 0.05) is 13.8 Å². The van der Waals surface area contributed by atoms with Crippen LogP contribution in [0.25, 0.3) is 0 Å². The molecule has 1 unspecified atom stereocenters. The Bertz CT molecular complexity index is 2050. The molecule has 7 fully saturated rings. The highest BCUT2D eigenvalue weighted by atomic mass is 16.8. The lowest BCUT2D eigenvalue weighted by Crippen LogP contribution is -2.71. The van der Waals surface area contributed by atoms with Crippen LogP contribution >= 0.6 is 0 Å². The lowest BCUT2D eigenvalue weighted by molar-refractivity contribution is -0.393. The average molecular weight is 1220 g/mol. The largest absolute Gasteiger partial charge is 0.394 e. The molecular weight excluding hydrogens is 1140 g/mol. The second kappa shape index (κ2) is 29.3. The van der Waals surface area contributed by atoms with E-state index in [1.807, 2.05) is 0 Å². The Kier molecular flexibility index (Phi) is 24.0. The van der Waals surface area contributed by atoms with Gasteiger partial charge in [-0.05, 0) is 6.92 Å². The predicted molar refractivity (Wildman–Crippen MR) is 254 cm³/mol. The minimum Gasteiger partial charge on any atom is -0.394 e. The van der Waals surface area contributed by atoms with Gasteiger partial charge in [-0.2, -0.15) is 0 Å². The second-order valence-electron chi connectivity index (χ2n) is 21.0. The standard InChI is InChI=1S/C46H78N2O35/c1-10-21(57)27(63)29(65)43(71-10)83-39-31(67)40(70)72-18(9-54)35(39)79-45-32(68)38(25(61)15(6-51)75-45)82-42-20(48-12(3)56)36(23(59)14(5-50)73-42)80-46-33(69)37(24(60)16(7-52)76-46)81-41-19(47-11(2)55)26(62)34(17(8-53)77-41)78-44-30(66)28(64)22(58)13(4-49)74-44/h10,13-46,49-54,57-70H,4-9H2,1-3H3,(H,47,55)(H,48,56)/t10-,13+,14+,15+,16+,17+,18+,19+,20+,21+,22-,23+,24-,25-,26+,27+,28-,29-,30+,31+,32+,33+,34+,35+,36+,37-,38-,39+,40?,41-,42-,43-,44-,45-,46-/m0/s1. The van der Waals surface area contributed by atoms with E-state index in [0.717, 1.165) is 13.8 Å². The third-order valence-electron chi connectivity index (χ3n) is 15.3. The van der Waals surface area contributed by atoms with Crippen molar-refractivity contribution in [3.63, 3.8) is 0 Å². The Morgan fingerprint density at radius 3 is 1.13 bits per heavy atom. The zero-order valence-corrected chi connectivity index (χ0v) is 44.5. The van der Waals surface area contributed by atoms with Gasteiger partial charge < -0.3 is 174 Å². The first kappa shape index (κ1) is 68.1. The molecule has 0 aliphatic carbocycles. The quantitative estimate of drug-likeness (QED) is 0.0538. The lowest BCUT2D eigenvalue weighted by Gasteiger charge is -2.51. The molecule has 0 spiro atoms. The molecule has 83 heavy (non-hydrogen) atoms. The predicted octanol–water partition coefficient (Wildman–Crippen LogP) is -15.0. The summed E-state index contributed by atoms with van der Waals surface area (Å²) in [6.07, 6.45) is -63.6. The summed E-state index contributed by atoms with van der Waals surface area (Å²) < 4.78 is 74.9. The molecule has 7 aliphatic heterocycles. The number of aliphatic hydroxyl groups excluding tert-OH is 20. The normalized spacial score (nSPS) is 50.8. The van der Waals surface area contributed by atoms with Crippen molar-refractivity contribution in [1.29, 1.82) is 0 Å². The van der Waals surface area contributed by atoms with E-state index in [4.69, 9.17) is 61.6 Å². The van der Waals surface area contributed by atoms with E-state index in [0.29, 0.717) is 0 Å². The Labute approximate surface area is 470 Å². The summed E-state index contributed by atoms with van der Waals surface area (Å²) in [5.74, 6) is -1.77. The summed E-state index contributed by atoms with van der Waals surface area (Å²) in [6.45, 7) is -2.86. The van der Waals surface area contributed by atoms with Crippen LogP contribution in [0.5, 0.6) is 0 Å². The van der Waals surface area contributed by atoms with E-state index in [-0.39, 0.29) is 0 Å². The van der Waals surface area contributed by atoms with Crippen LogP contribution in [0.3, 0.4) is 0 Å². The summed E-state index contributed by atoms with van der Waals surface area (Å²) in [4.78, 5) is 25.5. The SMILES string of the molecule is CC(=O)N[C@H]1[C@H](O[C@H]2[C@@H](O)[C@@H](CO)O[C@@H](O[C@H]3[C@H](O)[C@@H](CO)O[C@@H](O[C@H]4[C@@H](O)[C@@H](CO)O[C@@H](O[C@H]5[C@H](O[C@@H]6O[C@@H](C)[C@@H](O)[C@@H](O)[C@@H]6O)[C@@H](O)C(O)O[C@@H]5CO)[C@@H]4O)[C@@H]3NC(C)=O)[C@@H]2O)O[C@H](CO)[C@@H](O[C@@H]2O[C@H](CO)[C@H](O)[C@H](O)[C@H]2O)[C@@H]1O. The summed E-state index contributed by atoms with van der Waals surface area (Å²) in [6, 6.07) is -3.66. The molecule has 0 bridgehead atoms. The van der Waals surface area contributed by atoms with Gasteiger partial charge in [0.05, 0.1) is 45.7 Å². The number of aliphatic hydroxyl groups is 20. The molecule has 7 saturated heterocycles. The molecule has 37 heteroatoms. The fourth-order valence-corrected chi connectivity index (χ4v) is 10.7. The zero-order valence-electron chi connectivity index (χ0n) is 44.5. The molecule has 0 saturated carbocycles. The van der Waals surface area contributed by atoms with Gasteiger partial charge in [-0.15, -0.1) is 0 Å². The summed E-state index contributed by atoms with van der Waals surface area (Å²) in [7, 11) is 0. The van der Waals surface area contributed by atoms with Gasteiger partial charge in [0.2, 0.25) is 11.8 Å². The van der Waals surface area contributed by atoms with Crippen LogP contribution in [0.4, 0.5) is 0 Å². The maximum absolute atomic E-state index is 12.9. The molecule has 0 aromatic carbocycles. The molecule has 22 N–H and O–H groups in total. The maximum atomic E-state index is 12.9. The van der Waals surface area contributed by atoms with Gasteiger partial charge in [0.25, 0.3) is 0 Å². The highest BCUT2D eigenvalue weighted by Gasteiger charge is 2.59. The number of rotatable bonds is 20. The fourth-order valence-electron chi connectivity index (χ4n) is 10.7. The van der Waals surface area contributed by atoms with Crippen LogP contribution in [0.15, 0.2) is 0 Å². The maximum Gasteiger partial charge on any atom is 0.217 e. The van der Waals surface area contributed by atoms with E-state index in [1.165, 1.54) is 6.92 Å². The van der Waals surface area contributed by atoms with Crippen LogP contribution in [0.1, 0.15) is 20.8 Å².